The summed E-state index contributed by atoms with van der Waals surface area (Å²) < 4.78 is 77.0. The van der Waals surface area contributed by atoms with Crippen molar-refractivity contribution in [3.63, 3.8) is 0 Å². The van der Waals surface area contributed by atoms with Crippen LogP contribution in [-0.4, -0.2) is 186 Å². The largest absolute Gasteiger partial charge is 0.397 e. The minimum absolute atomic E-state index is 0. The van der Waals surface area contributed by atoms with Crippen molar-refractivity contribution < 1.29 is 82.4 Å². The third kappa shape index (κ3) is 22.3. The van der Waals surface area contributed by atoms with Crippen LogP contribution in [-0.2, 0) is 75.6 Å². The monoisotopic (exact) mass is 1860 g/mol. The highest BCUT2D eigenvalue weighted by Crippen LogP contribution is 2.50. The predicted molar refractivity (Wildman–Crippen MR) is 468 cm³/mol. The summed E-state index contributed by atoms with van der Waals surface area (Å²) in [6.45, 7) is 26.4. The average molecular weight is 1860 g/mol. The molecule has 651 valence electrons. The lowest BCUT2D eigenvalue weighted by atomic mass is 9.86. The number of anilines is 4. The molecule has 1 radical (unpaired) electrons. The molecule has 16 atom stereocenters. The first-order valence-corrected chi connectivity index (χ1v) is 41.3. The van der Waals surface area contributed by atoms with Gasteiger partial charge in [-0.25, -0.2) is 38.0 Å². The Balaban J connectivity index is 0.000000235. The minimum Gasteiger partial charge on any atom is -0.397 e. The molecule has 30 nitrogen and oxygen atoms in total. The Hall–Kier alpha value is -8.38. The third-order valence-corrected chi connectivity index (χ3v) is 20.7. The van der Waals surface area contributed by atoms with Crippen LogP contribution in [0, 0.1) is 17.8 Å². The lowest BCUT2D eigenvalue weighted by molar-refractivity contribution is -0.251. The van der Waals surface area contributed by atoms with Crippen molar-refractivity contribution >= 4 is 103 Å². The van der Waals surface area contributed by atoms with Crippen LogP contribution in [0.4, 0.5) is 36.7 Å². The van der Waals surface area contributed by atoms with Gasteiger partial charge in [0.15, 0.2) is 40.1 Å². The van der Waals surface area contributed by atoms with Gasteiger partial charge in [-0.15, -0.1) is 60.4 Å². The standard InChI is InChI=1S/C22H26N4O2.C21H26N4O3.C20H24N4O3.C12H16N4O5.C2H5BF.C2H6O.C2H4.CH4.BBr3.F2/c1-4-18-15(3)20(27-13-16-9-7-6-8-10-16)22(5-2,28-18)19-12-11-17-21(23)24-14-25-26(17)19;1-3-17-14(2)19(27-11-15-7-5-4-6-8-15)21(12-26,28-17)18-10-9-16-20(22)23-13-24-25(16)18;1-3-16-13(2)18(26-11-14-7-5-4-6-8-14)20(25,27-16)17-10-9-15-19(21)22-12-23-24(15)17;13-11-6-1-2-8(16(6)15-5-14-11)12(4-18)10(20)9(19)7(3-17)21-12;1-2-3-4;1-2-3;1-2;;2-1(3)4;1-2/h5-12,14-15,18,20H,2,4,13H2,1,3H3,(H2,23,24,25);4-10,13-14,17,19,26H,3,11-12H2,1-2H3,(H2,22,23,24);4-10,12-13,16,18,25H,3,11H2,1-2H3,(H2,21,22,23);1-2,5,7,9-10,17-20H,3-4H2,(H2,13,14,15);2H2,1H3;3H,2H2,1H3;1-2H2;1H4;;/t15-,18-,20-,22+;14-,17-,19-,21+;13-,16-,18-,20+;7-,9-,10-,12+;;;;;;/m1111....../s1. The Morgan fingerprint density at radius 3 is 1.16 bits per heavy atom. The highest BCUT2D eigenvalue weighted by molar-refractivity contribution is 9.69. The molecule has 38 heteroatoms. The van der Waals surface area contributed by atoms with E-state index < -0.39 is 60.2 Å². The molecule has 0 bridgehead atoms. The van der Waals surface area contributed by atoms with Crippen molar-refractivity contribution in [2.45, 2.75) is 186 Å². The zero-order chi connectivity index (χ0) is 87.4. The van der Waals surface area contributed by atoms with Crippen molar-refractivity contribution in [1.29, 1.82) is 0 Å². The molecule has 4 aliphatic rings. The summed E-state index contributed by atoms with van der Waals surface area (Å²) in [4.78, 5) is 16.0. The van der Waals surface area contributed by atoms with E-state index in [4.69, 9.17) is 70.3 Å². The van der Waals surface area contributed by atoms with Gasteiger partial charge in [0.25, 0.3) is 0 Å². The maximum Gasteiger partial charge on any atom is 0.369 e. The number of nitrogen functional groups attached to an aromatic ring is 4. The number of aliphatic hydroxyl groups is 7. The number of nitrogens with two attached hydrogens (primary N) is 4. The Bertz CT molecular complexity index is 4860. The molecular formula is C82H111B2Br3F3N16O14. The number of rotatable bonds is 21. The second kappa shape index (κ2) is 47.9. The number of ether oxygens (including phenoxy) is 7. The fourth-order valence-electron chi connectivity index (χ4n) is 15.1. The minimum atomic E-state index is -1.62. The van der Waals surface area contributed by atoms with Gasteiger partial charge in [0.2, 0.25) is 5.79 Å². The van der Waals surface area contributed by atoms with E-state index in [-0.39, 0.29) is 77.9 Å². The maximum absolute atomic E-state index is 11.6. The van der Waals surface area contributed by atoms with Crippen LogP contribution >= 0.6 is 47.3 Å². The Morgan fingerprint density at radius 2 is 0.800 bits per heavy atom. The lowest BCUT2D eigenvalue weighted by Crippen LogP contribution is -2.44. The number of halogens is 6. The molecule has 120 heavy (non-hydrogen) atoms. The topological polar surface area (TPSA) is 431 Å². The number of hydrogen-bond donors (Lipinski definition) is 11. The zero-order valence-electron chi connectivity index (χ0n) is 67.6. The molecule has 0 unspecified atom stereocenters. The molecule has 4 saturated heterocycles. The van der Waals surface area contributed by atoms with E-state index in [1.54, 1.807) is 51.7 Å². The molecule has 0 amide bonds. The molecule has 15 rings (SSSR count). The molecule has 12 heterocycles. The molecule has 11 aromatic rings. The van der Waals surface area contributed by atoms with E-state index in [0.717, 1.165) is 52.9 Å². The summed E-state index contributed by atoms with van der Waals surface area (Å²) in [5, 5.41) is 85.9. The first-order chi connectivity index (χ1) is 57.4. The number of benzene rings is 3. The fourth-order valence-corrected chi connectivity index (χ4v) is 15.1. The quantitative estimate of drug-likeness (QED) is 0.0235. The summed E-state index contributed by atoms with van der Waals surface area (Å²) >= 11 is 9.31. The summed E-state index contributed by atoms with van der Waals surface area (Å²) in [6.07, 6.45) is 5.40. The van der Waals surface area contributed by atoms with Gasteiger partial charge in [-0.2, -0.15) is 20.4 Å². The van der Waals surface area contributed by atoms with Gasteiger partial charge in [0, 0.05) is 33.5 Å². The van der Waals surface area contributed by atoms with Gasteiger partial charge in [-0.3, -0.25) is 0 Å². The van der Waals surface area contributed by atoms with E-state index in [0.29, 0.717) is 79.1 Å². The number of nitrogens with zero attached hydrogens (tertiary/aromatic N) is 12. The van der Waals surface area contributed by atoms with Crippen LogP contribution in [0.5, 0.6) is 0 Å². The molecular weight excluding hydrogens is 1750 g/mol. The van der Waals surface area contributed by atoms with Crippen LogP contribution < -0.4 is 22.9 Å². The first kappa shape index (κ1) is 100. The van der Waals surface area contributed by atoms with Crippen LogP contribution in [0.2, 0.25) is 6.32 Å². The first-order valence-electron chi connectivity index (χ1n) is 38.5. The van der Waals surface area contributed by atoms with Gasteiger partial charge < -0.3 is 96.2 Å². The summed E-state index contributed by atoms with van der Waals surface area (Å²) in [5.74, 6) is 0.0722. The van der Waals surface area contributed by atoms with Crippen LogP contribution in [0.3, 0.4) is 0 Å². The van der Waals surface area contributed by atoms with Crippen molar-refractivity contribution in [1.82, 2.24) is 58.4 Å². The second-order valence-corrected chi connectivity index (χ2v) is 34.2. The molecule has 0 saturated carbocycles. The van der Waals surface area contributed by atoms with E-state index in [1.807, 2.05) is 123 Å². The molecule has 8 aromatic heterocycles. The predicted octanol–water partition coefficient (Wildman–Crippen LogP) is 11.8. The molecule has 0 spiro atoms. The van der Waals surface area contributed by atoms with Crippen molar-refractivity contribution in [2.75, 3.05) is 49.4 Å². The summed E-state index contributed by atoms with van der Waals surface area (Å²) in [6, 6.07) is 44.4. The fraction of sp³-hybridized carbons (Fsp3) is 0.439. The van der Waals surface area contributed by atoms with Gasteiger partial charge in [0.1, 0.15) is 83.6 Å². The van der Waals surface area contributed by atoms with Crippen molar-refractivity contribution in [3.8, 4) is 0 Å². The number of aliphatic hydroxyl groups excluding tert-OH is 6. The maximum atomic E-state index is 11.6. The molecule has 15 N–H and O–H groups in total. The highest BCUT2D eigenvalue weighted by Gasteiger charge is 2.59. The van der Waals surface area contributed by atoms with Crippen molar-refractivity contribution in [2.24, 2.45) is 17.8 Å². The molecule has 4 fully saturated rings. The molecule has 4 aliphatic heterocycles. The normalized spacial score (nSPS) is 25.5. The number of aromatic nitrogens is 12. The third-order valence-electron chi connectivity index (χ3n) is 20.7. The van der Waals surface area contributed by atoms with E-state index in [2.05, 4.69) is 147 Å². The Labute approximate surface area is 722 Å². The average Bonchev–Trinajstić information content (AvgIpc) is 1.60. The summed E-state index contributed by atoms with van der Waals surface area (Å²) in [5.41, 5.74) is 28.4. The van der Waals surface area contributed by atoms with Gasteiger partial charge in [-0.05, 0) is 97.7 Å². The lowest BCUT2D eigenvalue weighted by Gasteiger charge is -2.33. The number of hydrogen-bond acceptors (Lipinski definition) is 26. The van der Waals surface area contributed by atoms with E-state index in [1.165, 1.54) is 29.8 Å². The Kier molecular flexibility index (Phi) is 40.1. The zero-order valence-corrected chi connectivity index (χ0v) is 72.3. The second-order valence-electron chi connectivity index (χ2n) is 27.8. The van der Waals surface area contributed by atoms with Gasteiger partial charge in [-0.1, -0.05) is 160 Å². The number of fused-ring (bicyclic) bond motifs is 4. The van der Waals surface area contributed by atoms with Crippen LogP contribution in [0.25, 0.3) is 22.1 Å². The van der Waals surface area contributed by atoms with Gasteiger partial charge >= 0.3 is 10.7 Å². The molecule has 3 aromatic carbocycles. The van der Waals surface area contributed by atoms with E-state index >= 15 is 0 Å². The van der Waals surface area contributed by atoms with Gasteiger partial charge in [0.05, 0.1) is 81.1 Å². The van der Waals surface area contributed by atoms with Crippen LogP contribution in [0.1, 0.15) is 122 Å². The summed E-state index contributed by atoms with van der Waals surface area (Å²) in [7, 11) is 0.625. The van der Waals surface area contributed by atoms with Crippen LogP contribution in [0.15, 0.2) is 191 Å². The Morgan fingerprint density at radius 1 is 0.492 bits per heavy atom. The SMILES string of the molecule is BrB(Br)Br.C.C=C.C=C[C@@]1(c2ccc3c(N)ncnn23)O[C@H](CC)[C@@H](C)[C@H]1OCc1ccccc1.CCO.CC[B]F.CC[C@H]1O[C@@](CO)(c2ccc3c(N)ncnn23)[C@H](OCc2ccccc2)[C@@H]1C.CC[C@H]1O[C@@](O)(c2ccc3c(N)ncnn23)[C@H](OCc2ccccc2)[C@@H]1C.FF.Nc1ncnn2c([C@]3(CO)O[C@H](CO)[C@@H](O)[C@H]3O)ccc12. The smallest absolute Gasteiger partial charge is 0.369 e. The highest BCUT2D eigenvalue weighted by atomic mass is 79.9. The molecule has 0 aliphatic carbocycles. The van der Waals surface area contributed by atoms with E-state index in [9.17, 15) is 35.0 Å². The van der Waals surface area contributed by atoms with Crippen molar-refractivity contribution in [3.05, 3.63) is 230 Å².